The minimum atomic E-state index is -3.13. The number of benzene rings is 3. The Morgan fingerprint density at radius 2 is 1.53 bits per heavy atom. The highest BCUT2D eigenvalue weighted by atomic mass is 32.2. The average Bonchev–Trinajstić information content (AvgIpc) is 3.13. The molecule has 0 radical (unpaired) electrons. The molecule has 0 spiro atoms. The van der Waals surface area contributed by atoms with Crippen molar-refractivity contribution in [2.45, 2.75) is 19.0 Å². The maximum absolute atomic E-state index is 13.6. The molecule has 3 aromatic rings. The second-order valence-electron chi connectivity index (χ2n) is 7.39. The lowest BCUT2D eigenvalue weighted by Crippen LogP contribution is -2.40. The Morgan fingerprint density at radius 3 is 2.20 bits per heavy atom. The molecule has 1 amide bonds. The Bertz CT molecular complexity index is 1110. The van der Waals surface area contributed by atoms with Crippen LogP contribution in [-0.2, 0) is 16.4 Å². The summed E-state index contributed by atoms with van der Waals surface area (Å²) in [7, 11) is -3.13. The molecule has 3 aromatic carbocycles. The fourth-order valence-electron chi connectivity index (χ4n) is 3.67. The van der Waals surface area contributed by atoms with Gasteiger partial charge < -0.3 is 9.64 Å². The first kappa shape index (κ1) is 20.2. The molecule has 4 rings (SSSR count). The van der Waals surface area contributed by atoms with E-state index in [9.17, 15) is 13.2 Å². The van der Waals surface area contributed by atoms with Crippen LogP contribution in [0.1, 0.15) is 22.3 Å². The number of sulfone groups is 1. The number of rotatable bonds is 6. The Balaban J connectivity index is 1.66. The Morgan fingerprint density at radius 1 is 0.900 bits per heavy atom. The highest BCUT2D eigenvalue weighted by molar-refractivity contribution is 7.91. The van der Waals surface area contributed by atoms with Gasteiger partial charge in [-0.2, -0.15) is 0 Å². The SMILES string of the molecule is O=C(c1ccccc1Oc1ccccc1)N(Cc1ccccc1)C1CCS(=O)(=O)C1. The lowest BCUT2D eigenvalue weighted by molar-refractivity contribution is 0.0678. The number of carbonyl (C=O) groups is 1. The summed E-state index contributed by atoms with van der Waals surface area (Å²) in [5, 5.41) is 0. The zero-order chi connectivity index (χ0) is 21.0. The second kappa shape index (κ2) is 8.71. The van der Waals surface area contributed by atoms with Gasteiger partial charge in [-0.25, -0.2) is 8.42 Å². The van der Waals surface area contributed by atoms with E-state index in [-0.39, 0.29) is 23.5 Å². The minimum absolute atomic E-state index is 0.00666. The smallest absolute Gasteiger partial charge is 0.258 e. The van der Waals surface area contributed by atoms with Crippen LogP contribution in [0, 0.1) is 0 Å². The number of para-hydroxylation sites is 2. The van der Waals surface area contributed by atoms with Crippen LogP contribution in [0.3, 0.4) is 0 Å². The van der Waals surface area contributed by atoms with E-state index in [0.717, 1.165) is 5.56 Å². The zero-order valence-electron chi connectivity index (χ0n) is 16.5. The van der Waals surface area contributed by atoms with Gasteiger partial charge in [-0.15, -0.1) is 0 Å². The summed E-state index contributed by atoms with van der Waals surface area (Å²) < 4.78 is 30.2. The first-order valence-electron chi connectivity index (χ1n) is 9.89. The Labute approximate surface area is 176 Å². The number of carbonyl (C=O) groups excluding carboxylic acids is 1. The van der Waals surface area contributed by atoms with Crippen molar-refractivity contribution < 1.29 is 17.9 Å². The molecule has 5 nitrogen and oxygen atoms in total. The topological polar surface area (TPSA) is 63.7 Å². The van der Waals surface area contributed by atoms with Crippen molar-refractivity contribution in [2.24, 2.45) is 0 Å². The molecule has 1 unspecified atom stereocenters. The normalized spacial score (nSPS) is 17.4. The maximum Gasteiger partial charge on any atom is 0.258 e. The first-order chi connectivity index (χ1) is 14.5. The van der Waals surface area contributed by atoms with Gasteiger partial charge in [-0.3, -0.25) is 4.79 Å². The quantitative estimate of drug-likeness (QED) is 0.595. The van der Waals surface area contributed by atoms with E-state index in [1.165, 1.54) is 0 Å². The third-order valence-electron chi connectivity index (χ3n) is 5.19. The van der Waals surface area contributed by atoms with Crippen LogP contribution in [0.2, 0.25) is 0 Å². The molecule has 0 aliphatic carbocycles. The van der Waals surface area contributed by atoms with Gasteiger partial charge in [0.15, 0.2) is 9.84 Å². The first-order valence-corrected chi connectivity index (χ1v) is 11.7. The summed E-state index contributed by atoms with van der Waals surface area (Å²) in [6.07, 6.45) is 0.447. The fraction of sp³-hybridized carbons (Fsp3) is 0.208. The molecular formula is C24H23NO4S. The molecule has 0 aromatic heterocycles. The van der Waals surface area contributed by atoms with Gasteiger partial charge in [-0.1, -0.05) is 60.7 Å². The average molecular weight is 422 g/mol. The largest absolute Gasteiger partial charge is 0.457 e. The van der Waals surface area contributed by atoms with Crippen LogP contribution < -0.4 is 4.74 Å². The van der Waals surface area contributed by atoms with E-state index < -0.39 is 9.84 Å². The number of hydrogen-bond acceptors (Lipinski definition) is 4. The van der Waals surface area contributed by atoms with E-state index in [2.05, 4.69) is 0 Å². The number of amides is 1. The van der Waals surface area contributed by atoms with Crippen molar-refractivity contribution in [1.82, 2.24) is 4.90 Å². The van der Waals surface area contributed by atoms with Crippen LogP contribution in [0.5, 0.6) is 11.5 Å². The predicted octanol–water partition coefficient (Wildman–Crippen LogP) is 4.31. The maximum atomic E-state index is 13.6. The summed E-state index contributed by atoms with van der Waals surface area (Å²) in [6, 6.07) is 25.6. The van der Waals surface area contributed by atoms with E-state index in [1.807, 2.05) is 66.7 Å². The van der Waals surface area contributed by atoms with E-state index >= 15 is 0 Å². The number of nitrogens with zero attached hydrogens (tertiary/aromatic N) is 1. The van der Waals surface area contributed by atoms with Gasteiger partial charge in [0.2, 0.25) is 0 Å². The van der Waals surface area contributed by atoms with Gasteiger partial charge >= 0.3 is 0 Å². The second-order valence-corrected chi connectivity index (χ2v) is 9.62. The fourth-order valence-corrected chi connectivity index (χ4v) is 5.40. The Kier molecular flexibility index (Phi) is 5.86. The van der Waals surface area contributed by atoms with E-state index in [4.69, 9.17) is 4.74 Å². The lowest BCUT2D eigenvalue weighted by Gasteiger charge is -2.29. The van der Waals surface area contributed by atoms with Crippen molar-refractivity contribution in [3.8, 4) is 11.5 Å². The third kappa shape index (κ3) is 4.71. The van der Waals surface area contributed by atoms with Crippen molar-refractivity contribution >= 4 is 15.7 Å². The summed E-state index contributed by atoms with van der Waals surface area (Å²) in [4.78, 5) is 15.3. The zero-order valence-corrected chi connectivity index (χ0v) is 17.3. The van der Waals surface area contributed by atoms with Crippen molar-refractivity contribution in [3.63, 3.8) is 0 Å². The van der Waals surface area contributed by atoms with Crippen LogP contribution in [0.25, 0.3) is 0 Å². The van der Waals surface area contributed by atoms with Crippen LogP contribution in [0.15, 0.2) is 84.9 Å². The predicted molar refractivity (Wildman–Crippen MR) is 116 cm³/mol. The molecular weight excluding hydrogens is 398 g/mol. The minimum Gasteiger partial charge on any atom is -0.457 e. The highest BCUT2D eigenvalue weighted by Crippen LogP contribution is 2.29. The summed E-state index contributed by atoms with van der Waals surface area (Å²) >= 11 is 0. The molecule has 30 heavy (non-hydrogen) atoms. The molecule has 1 fully saturated rings. The van der Waals surface area contributed by atoms with E-state index in [1.54, 1.807) is 23.1 Å². The molecule has 1 heterocycles. The van der Waals surface area contributed by atoms with Gasteiger partial charge in [0.25, 0.3) is 5.91 Å². The molecule has 6 heteroatoms. The summed E-state index contributed by atoms with van der Waals surface area (Å²) in [6.45, 7) is 0.347. The van der Waals surface area contributed by atoms with Crippen molar-refractivity contribution in [2.75, 3.05) is 11.5 Å². The summed E-state index contributed by atoms with van der Waals surface area (Å²) in [5.74, 6) is 0.960. The van der Waals surface area contributed by atoms with Crippen molar-refractivity contribution in [1.29, 1.82) is 0 Å². The Hall–Kier alpha value is -3.12. The molecule has 0 saturated carbocycles. The van der Waals surface area contributed by atoms with Gasteiger partial charge in [0.1, 0.15) is 11.5 Å². The lowest BCUT2D eigenvalue weighted by atomic mass is 10.1. The molecule has 0 bridgehead atoms. The van der Waals surface area contributed by atoms with Crippen molar-refractivity contribution in [3.05, 3.63) is 96.1 Å². The van der Waals surface area contributed by atoms with Crippen LogP contribution in [-0.4, -0.2) is 36.8 Å². The number of hydrogen-bond donors (Lipinski definition) is 0. The molecule has 1 saturated heterocycles. The summed E-state index contributed by atoms with van der Waals surface area (Å²) in [5.41, 5.74) is 1.37. The molecule has 0 N–H and O–H groups in total. The highest BCUT2D eigenvalue weighted by Gasteiger charge is 2.35. The van der Waals surface area contributed by atoms with E-state index in [0.29, 0.717) is 30.0 Å². The van der Waals surface area contributed by atoms with Crippen LogP contribution in [0.4, 0.5) is 0 Å². The molecule has 1 atom stereocenters. The monoisotopic (exact) mass is 421 g/mol. The third-order valence-corrected chi connectivity index (χ3v) is 6.94. The molecule has 154 valence electrons. The van der Waals surface area contributed by atoms with Gasteiger partial charge in [0, 0.05) is 12.6 Å². The standard InChI is InChI=1S/C24H23NO4S/c26-24(22-13-7-8-14-23(22)29-21-11-5-2-6-12-21)25(17-19-9-3-1-4-10-19)20-15-16-30(27,28)18-20/h1-14,20H,15-18H2. The number of ether oxygens (including phenoxy) is 1. The molecule has 1 aliphatic rings. The van der Waals surface area contributed by atoms with Gasteiger partial charge in [-0.05, 0) is 36.2 Å². The van der Waals surface area contributed by atoms with Gasteiger partial charge in [0.05, 0.1) is 17.1 Å². The molecule has 1 aliphatic heterocycles. The van der Waals surface area contributed by atoms with Crippen LogP contribution >= 0.6 is 0 Å².